The highest BCUT2D eigenvalue weighted by atomic mass is 28.4. The van der Waals surface area contributed by atoms with Gasteiger partial charge in [0.05, 0.1) is 12.3 Å². The second kappa shape index (κ2) is 7.58. The van der Waals surface area contributed by atoms with Crippen LogP contribution in [0.15, 0.2) is 24.4 Å². The summed E-state index contributed by atoms with van der Waals surface area (Å²) in [5.74, 6) is -0.893. The summed E-state index contributed by atoms with van der Waals surface area (Å²) in [7, 11) is -2.11. The molecule has 1 aromatic rings. The Bertz CT molecular complexity index is 494. The summed E-state index contributed by atoms with van der Waals surface area (Å²) in [6.45, 7) is 15.1. The van der Waals surface area contributed by atoms with Crippen molar-refractivity contribution in [3.05, 3.63) is 30.1 Å². The molecular formula is C18H31NO3Si. The van der Waals surface area contributed by atoms with E-state index in [1.807, 2.05) is 6.07 Å². The van der Waals surface area contributed by atoms with E-state index in [1.165, 1.54) is 0 Å². The minimum Gasteiger partial charge on any atom is -0.480 e. The SMILES string of the molecule is CC(C)[Si](OCC(C)(C(=O)O)c1ccccn1)(C(C)C)C(C)C. The molecule has 130 valence electrons. The maximum absolute atomic E-state index is 11.9. The Hall–Kier alpha value is -1.20. The van der Waals surface area contributed by atoms with Crippen molar-refractivity contribution in [2.75, 3.05) is 6.61 Å². The molecule has 4 nitrogen and oxygen atoms in total. The molecule has 0 aliphatic rings. The molecule has 0 fully saturated rings. The lowest BCUT2D eigenvalue weighted by molar-refractivity contribution is -0.144. The molecule has 1 N–H and O–H groups in total. The topological polar surface area (TPSA) is 59.4 Å². The third kappa shape index (κ3) is 3.83. The maximum atomic E-state index is 11.9. The van der Waals surface area contributed by atoms with Crippen LogP contribution < -0.4 is 0 Å². The Morgan fingerprint density at radius 1 is 1.17 bits per heavy atom. The van der Waals surface area contributed by atoms with Gasteiger partial charge in [0.25, 0.3) is 0 Å². The quantitative estimate of drug-likeness (QED) is 0.703. The van der Waals surface area contributed by atoms with Gasteiger partial charge in [-0.15, -0.1) is 0 Å². The molecule has 0 saturated carbocycles. The lowest BCUT2D eigenvalue weighted by Gasteiger charge is -2.43. The molecule has 0 bridgehead atoms. The number of aromatic nitrogens is 1. The summed E-state index contributed by atoms with van der Waals surface area (Å²) in [6.07, 6.45) is 1.63. The van der Waals surface area contributed by atoms with E-state index in [2.05, 4.69) is 46.5 Å². The fraction of sp³-hybridized carbons (Fsp3) is 0.667. The zero-order chi connectivity index (χ0) is 17.8. The van der Waals surface area contributed by atoms with Crippen LogP contribution >= 0.6 is 0 Å². The number of hydrogen-bond donors (Lipinski definition) is 1. The van der Waals surface area contributed by atoms with E-state index in [0.29, 0.717) is 22.3 Å². The van der Waals surface area contributed by atoms with Crippen molar-refractivity contribution in [3.8, 4) is 0 Å². The van der Waals surface area contributed by atoms with Gasteiger partial charge < -0.3 is 9.53 Å². The van der Waals surface area contributed by atoms with E-state index in [1.54, 1.807) is 25.3 Å². The Morgan fingerprint density at radius 2 is 1.70 bits per heavy atom. The van der Waals surface area contributed by atoms with E-state index in [4.69, 9.17) is 4.43 Å². The van der Waals surface area contributed by atoms with Crippen LogP contribution in [-0.2, 0) is 14.6 Å². The van der Waals surface area contributed by atoms with Gasteiger partial charge >= 0.3 is 5.97 Å². The number of rotatable bonds is 8. The summed E-state index contributed by atoms with van der Waals surface area (Å²) in [4.78, 5) is 16.2. The second-order valence-corrected chi connectivity index (χ2v) is 12.9. The van der Waals surface area contributed by atoms with Crippen LogP contribution in [0.3, 0.4) is 0 Å². The highest BCUT2D eigenvalue weighted by Gasteiger charge is 2.48. The van der Waals surface area contributed by atoms with Crippen molar-refractivity contribution in [2.24, 2.45) is 0 Å². The Morgan fingerprint density at radius 3 is 2.04 bits per heavy atom. The van der Waals surface area contributed by atoms with Crippen molar-refractivity contribution in [3.63, 3.8) is 0 Å². The van der Waals surface area contributed by atoms with E-state index >= 15 is 0 Å². The van der Waals surface area contributed by atoms with Crippen LogP contribution in [0.1, 0.15) is 54.2 Å². The number of carboxylic acids is 1. The lowest BCUT2D eigenvalue weighted by Crippen LogP contribution is -2.51. The molecule has 1 aromatic heterocycles. The molecule has 0 saturated heterocycles. The maximum Gasteiger partial charge on any atom is 0.317 e. The molecule has 1 rings (SSSR count). The first kappa shape index (κ1) is 19.8. The van der Waals surface area contributed by atoms with Crippen molar-refractivity contribution < 1.29 is 14.3 Å². The van der Waals surface area contributed by atoms with Crippen LogP contribution in [0.25, 0.3) is 0 Å². The predicted molar refractivity (Wildman–Crippen MR) is 96.2 cm³/mol. The standard InChI is InChI=1S/C18H31NO3Si/c1-13(2)23(14(3)4,15(5)6)22-12-18(7,17(20)21)16-10-8-9-11-19-16/h8-11,13-15H,12H2,1-7H3,(H,20,21). The highest BCUT2D eigenvalue weighted by molar-refractivity contribution is 6.77. The number of hydrogen-bond acceptors (Lipinski definition) is 3. The van der Waals surface area contributed by atoms with Gasteiger partial charge in [-0.2, -0.15) is 0 Å². The van der Waals surface area contributed by atoms with Gasteiger partial charge in [0.1, 0.15) is 5.41 Å². The summed E-state index contributed by atoms with van der Waals surface area (Å²) >= 11 is 0. The van der Waals surface area contributed by atoms with Gasteiger partial charge in [-0.1, -0.05) is 47.6 Å². The van der Waals surface area contributed by atoms with Gasteiger partial charge in [-0.25, -0.2) is 0 Å². The first-order valence-corrected chi connectivity index (χ1v) is 10.5. The number of aliphatic carboxylic acids is 1. The molecule has 1 heterocycles. The molecule has 0 radical (unpaired) electrons. The molecule has 5 heteroatoms. The van der Waals surface area contributed by atoms with Gasteiger partial charge in [0.15, 0.2) is 8.32 Å². The normalized spacial score (nSPS) is 15.2. The molecule has 0 aliphatic carbocycles. The van der Waals surface area contributed by atoms with E-state index in [0.717, 1.165) is 0 Å². The third-order valence-corrected chi connectivity index (χ3v) is 11.1. The number of carboxylic acid groups (broad SMARTS) is 1. The molecular weight excluding hydrogens is 306 g/mol. The van der Waals surface area contributed by atoms with E-state index < -0.39 is 19.7 Å². The second-order valence-electron chi connectivity index (χ2n) is 7.46. The molecule has 0 aromatic carbocycles. The summed E-state index contributed by atoms with van der Waals surface area (Å²) < 4.78 is 6.51. The smallest absolute Gasteiger partial charge is 0.317 e. The first-order valence-electron chi connectivity index (χ1n) is 8.37. The number of pyridine rings is 1. The molecule has 23 heavy (non-hydrogen) atoms. The monoisotopic (exact) mass is 337 g/mol. The Labute approximate surface area is 141 Å². The minimum atomic E-state index is -2.11. The summed E-state index contributed by atoms with van der Waals surface area (Å²) in [5, 5.41) is 9.79. The largest absolute Gasteiger partial charge is 0.480 e. The number of nitrogens with zero attached hydrogens (tertiary/aromatic N) is 1. The van der Waals surface area contributed by atoms with Crippen molar-refractivity contribution in [1.29, 1.82) is 0 Å². The average molecular weight is 338 g/mol. The first-order chi connectivity index (χ1) is 10.6. The molecule has 0 aliphatic heterocycles. The minimum absolute atomic E-state index is 0.167. The zero-order valence-electron chi connectivity index (χ0n) is 15.5. The van der Waals surface area contributed by atoms with Crippen molar-refractivity contribution >= 4 is 14.3 Å². The van der Waals surface area contributed by atoms with Gasteiger partial charge in [-0.05, 0) is 35.7 Å². The van der Waals surface area contributed by atoms with Crippen LogP contribution in [0.5, 0.6) is 0 Å². The Balaban J connectivity index is 3.17. The lowest BCUT2D eigenvalue weighted by atomic mass is 9.87. The van der Waals surface area contributed by atoms with Crippen LogP contribution in [0.4, 0.5) is 0 Å². The average Bonchev–Trinajstić information content (AvgIpc) is 2.47. The molecule has 1 atom stereocenters. The van der Waals surface area contributed by atoms with Gasteiger partial charge in [0.2, 0.25) is 0 Å². The van der Waals surface area contributed by atoms with Gasteiger partial charge in [0, 0.05) is 6.20 Å². The highest BCUT2D eigenvalue weighted by Crippen LogP contribution is 2.43. The third-order valence-electron chi connectivity index (χ3n) is 5.02. The molecule has 0 spiro atoms. The summed E-state index contributed by atoms with van der Waals surface area (Å²) in [5.41, 5.74) is 0.683. The van der Waals surface area contributed by atoms with Crippen molar-refractivity contribution in [1.82, 2.24) is 4.98 Å². The van der Waals surface area contributed by atoms with Crippen LogP contribution in [-0.4, -0.2) is 31.0 Å². The van der Waals surface area contributed by atoms with E-state index in [9.17, 15) is 9.90 Å². The van der Waals surface area contributed by atoms with Crippen molar-refractivity contribution in [2.45, 2.75) is 70.5 Å². The number of carbonyl (C=O) groups is 1. The Kier molecular flexibility index (Phi) is 6.54. The van der Waals surface area contributed by atoms with Gasteiger partial charge in [-0.3, -0.25) is 9.78 Å². The van der Waals surface area contributed by atoms with Crippen LogP contribution in [0.2, 0.25) is 16.6 Å². The summed E-state index contributed by atoms with van der Waals surface area (Å²) in [6, 6.07) is 5.38. The van der Waals surface area contributed by atoms with E-state index in [-0.39, 0.29) is 6.61 Å². The molecule has 0 amide bonds. The predicted octanol–water partition coefficient (Wildman–Crippen LogP) is 4.62. The van der Waals surface area contributed by atoms with Crippen LogP contribution in [0, 0.1) is 0 Å². The molecule has 1 unspecified atom stereocenters. The zero-order valence-corrected chi connectivity index (χ0v) is 16.5. The fourth-order valence-electron chi connectivity index (χ4n) is 3.70. The fourth-order valence-corrected chi connectivity index (χ4v) is 9.24.